The van der Waals surface area contributed by atoms with Crippen LogP contribution in [0, 0.1) is 11.7 Å². The maximum absolute atomic E-state index is 12.7. The maximum Gasteiger partial charge on any atom is 0.306 e. The average molecular weight is 296 g/mol. The summed E-state index contributed by atoms with van der Waals surface area (Å²) in [6.45, 7) is 4.42. The normalized spacial score (nSPS) is 10.5. The van der Waals surface area contributed by atoms with Gasteiger partial charge in [-0.2, -0.15) is 0 Å². The van der Waals surface area contributed by atoms with Gasteiger partial charge in [0.05, 0.1) is 6.61 Å². The molecule has 5 heteroatoms. The van der Waals surface area contributed by atoms with E-state index in [1.165, 1.54) is 12.1 Å². The molecule has 0 bridgehead atoms. The molecule has 0 heterocycles. The summed E-state index contributed by atoms with van der Waals surface area (Å²) in [7, 11) is 0. The minimum Gasteiger partial charge on any atom is -0.465 e. The molecule has 0 aliphatic heterocycles. The first-order valence-corrected chi connectivity index (χ1v) is 7.03. The van der Waals surface area contributed by atoms with Crippen molar-refractivity contribution in [1.82, 2.24) is 0 Å². The number of ether oxygens (including phenoxy) is 2. The number of benzene rings is 1. The predicted molar refractivity (Wildman–Crippen MR) is 75.8 cm³/mol. The second kappa shape index (κ2) is 9.10. The molecular formula is C16H21FO4. The highest BCUT2D eigenvalue weighted by Gasteiger charge is 2.08. The van der Waals surface area contributed by atoms with Crippen molar-refractivity contribution in [3.05, 3.63) is 35.6 Å². The summed E-state index contributed by atoms with van der Waals surface area (Å²) in [5, 5.41) is 0. The topological polar surface area (TPSA) is 52.6 Å². The fourth-order valence-corrected chi connectivity index (χ4v) is 1.53. The van der Waals surface area contributed by atoms with E-state index in [9.17, 15) is 14.0 Å². The van der Waals surface area contributed by atoms with Crippen LogP contribution in [0.25, 0.3) is 0 Å². The molecule has 0 saturated heterocycles. The third kappa shape index (κ3) is 8.07. The molecule has 0 unspecified atom stereocenters. The highest BCUT2D eigenvalue weighted by molar-refractivity contribution is 5.72. The third-order valence-corrected chi connectivity index (χ3v) is 2.65. The van der Waals surface area contributed by atoms with Crippen LogP contribution in [-0.2, 0) is 25.7 Å². The van der Waals surface area contributed by atoms with Crippen LogP contribution in [0.2, 0.25) is 0 Å². The minimum atomic E-state index is -0.379. The number of carbonyl (C=O) groups is 2. The fourth-order valence-electron chi connectivity index (χ4n) is 1.53. The van der Waals surface area contributed by atoms with Crippen LogP contribution < -0.4 is 0 Å². The first kappa shape index (κ1) is 17.1. The minimum absolute atomic E-state index is 0.108. The van der Waals surface area contributed by atoms with Gasteiger partial charge in [0.15, 0.2) is 0 Å². The molecule has 116 valence electrons. The van der Waals surface area contributed by atoms with Gasteiger partial charge in [0.1, 0.15) is 12.4 Å². The van der Waals surface area contributed by atoms with Gasteiger partial charge >= 0.3 is 11.9 Å². The van der Waals surface area contributed by atoms with Gasteiger partial charge in [0.2, 0.25) is 0 Å². The second-order valence-corrected chi connectivity index (χ2v) is 5.22. The van der Waals surface area contributed by atoms with E-state index in [-0.39, 0.29) is 37.2 Å². The lowest BCUT2D eigenvalue weighted by Crippen LogP contribution is -2.11. The van der Waals surface area contributed by atoms with Crippen molar-refractivity contribution in [3.63, 3.8) is 0 Å². The van der Waals surface area contributed by atoms with Crippen LogP contribution in [0.5, 0.6) is 0 Å². The van der Waals surface area contributed by atoms with E-state index >= 15 is 0 Å². The molecule has 1 aromatic carbocycles. The smallest absolute Gasteiger partial charge is 0.306 e. The van der Waals surface area contributed by atoms with Gasteiger partial charge in [-0.15, -0.1) is 0 Å². The number of carbonyl (C=O) groups excluding carboxylic acids is 2. The molecule has 4 nitrogen and oxygen atoms in total. The Hall–Kier alpha value is -1.91. The molecule has 1 aromatic rings. The monoisotopic (exact) mass is 296 g/mol. The van der Waals surface area contributed by atoms with Crippen molar-refractivity contribution in [3.8, 4) is 0 Å². The van der Waals surface area contributed by atoms with Crippen molar-refractivity contribution in [1.29, 1.82) is 0 Å². The van der Waals surface area contributed by atoms with Crippen LogP contribution in [-0.4, -0.2) is 18.5 Å². The van der Waals surface area contributed by atoms with Gasteiger partial charge in [-0.05, 0) is 30.0 Å². The molecular weight excluding hydrogens is 275 g/mol. The zero-order valence-electron chi connectivity index (χ0n) is 12.4. The molecule has 0 aliphatic rings. The highest BCUT2D eigenvalue weighted by atomic mass is 19.1. The molecule has 1 rings (SSSR count). The molecule has 21 heavy (non-hydrogen) atoms. The zero-order chi connectivity index (χ0) is 15.7. The lowest BCUT2D eigenvalue weighted by molar-refractivity contribution is -0.146. The molecule has 0 radical (unpaired) electrons. The van der Waals surface area contributed by atoms with E-state index in [1.807, 2.05) is 13.8 Å². The highest BCUT2D eigenvalue weighted by Crippen LogP contribution is 2.06. The molecule has 0 amide bonds. The lowest BCUT2D eigenvalue weighted by atomic mass is 10.2. The maximum atomic E-state index is 12.7. The van der Waals surface area contributed by atoms with Gasteiger partial charge in [-0.25, -0.2) is 4.39 Å². The van der Waals surface area contributed by atoms with Gasteiger partial charge < -0.3 is 9.47 Å². The standard InChI is InChI=1S/C16H21FO4/c1-12(2)10-20-15(18)4-3-5-16(19)21-11-13-6-8-14(17)9-7-13/h6-9,12H,3-5,10-11H2,1-2H3. The zero-order valence-corrected chi connectivity index (χ0v) is 12.4. The summed E-state index contributed by atoms with van der Waals surface area (Å²) in [5.74, 6) is -0.703. The van der Waals surface area contributed by atoms with Crippen LogP contribution in [0.1, 0.15) is 38.7 Å². The van der Waals surface area contributed by atoms with Crippen molar-refractivity contribution in [2.24, 2.45) is 5.92 Å². The van der Waals surface area contributed by atoms with Crippen molar-refractivity contribution >= 4 is 11.9 Å². The second-order valence-electron chi connectivity index (χ2n) is 5.22. The molecule has 0 atom stereocenters. The fraction of sp³-hybridized carbons (Fsp3) is 0.500. The Labute approximate surface area is 124 Å². The molecule has 0 N–H and O–H groups in total. The van der Waals surface area contributed by atoms with Crippen molar-refractivity contribution in [2.75, 3.05) is 6.61 Å². The first-order chi connectivity index (χ1) is 9.97. The van der Waals surface area contributed by atoms with Crippen LogP contribution in [0.4, 0.5) is 4.39 Å². The molecule has 0 saturated carbocycles. The van der Waals surface area contributed by atoms with Crippen LogP contribution in [0.3, 0.4) is 0 Å². The summed E-state index contributed by atoms with van der Waals surface area (Å²) in [4.78, 5) is 22.8. The van der Waals surface area contributed by atoms with Gasteiger partial charge in [0.25, 0.3) is 0 Å². The lowest BCUT2D eigenvalue weighted by Gasteiger charge is -2.07. The van der Waals surface area contributed by atoms with Gasteiger partial charge in [-0.3, -0.25) is 9.59 Å². The number of halogens is 1. The quantitative estimate of drug-likeness (QED) is 0.691. The molecule has 0 aliphatic carbocycles. The van der Waals surface area contributed by atoms with E-state index < -0.39 is 0 Å². The predicted octanol–water partition coefficient (Wildman–Crippen LogP) is 3.24. The summed E-state index contributed by atoms with van der Waals surface area (Å²) in [5.41, 5.74) is 0.723. The number of rotatable bonds is 8. The Balaban J connectivity index is 2.14. The molecule has 0 spiro atoms. The first-order valence-electron chi connectivity index (χ1n) is 7.03. The third-order valence-electron chi connectivity index (χ3n) is 2.65. The van der Waals surface area contributed by atoms with E-state index in [1.54, 1.807) is 12.1 Å². The number of hydrogen-bond acceptors (Lipinski definition) is 4. The van der Waals surface area contributed by atoms with E-state index in [0.717, 1.165) is 5.56 Å². The Kier molecular flexibility index (Phi) is 7.43. The van der Waals surface area contributed by atoms with Crippen molar-refractivity contribution < 1.29 is 23.5 Å². The Morgan fingerprint density at radius 1 is 1.05 bits per heavy atom. The molecule has 0 aromatic heterocycles. The summed E-state index contributed by atoms with van der Waals surface area (Å²) in [6.07, 6.45) is 0.773. The van der Waals surface area contributed by atoms with Crippen LogP contribution in [0.15, 0.2) is 24.3 Å². The van der Waals surface area contributed by atoms with Crippen molar-refractivity contribution in [2.45, 2.75) is 39.7 Å². The van der Waals surface area contributed by atoms with Gasteiger partial charge in [-0.1, -0.05) is 26.0 Å². The Bertz CT molecular complexity index is 454. The number of esters is 2. The Morgan fingerprint density at radius 2 is 1.62 bits per heavy atom. The van der Waals surface area contributed by atoms with E-state index in [0.29, 0.717) is 18.9 Å². The largest absolute Gasteiger partial charge is 0.465 e. The summed E-state index contributed by atoms with van der Waals surface area (Å²) in [6, 6.07) is 5.75. The number of hydrogen-bond donors (Lipinski definition) is 0. The Morgan fingerprint density at radius 3 is 2.19 bits per heavy atom. The summed E-state index contributed by atoms with van der Waals surface area (Å²) >= 11 is 0. The average Bonchev–Trinajstić information content (AvgIpc) is 2.44. The SMILES string of the molecule is CC(C)COC(=O)CCCC(=O)OCc1ccc(F)cc1. The molecule has 0 fully saturated rings. The van der Waals surface area contributed by atoms with E-state index in [4.69, 9.17) is 9.47 Å². The van der Waals surface area contributed by atoms with Gasteiger partial charge in [0, 0.05) is 12.8 Å². The van der Waals surface area contributed by atoms with Crippen LogP contribution >= 0.6 is 0 Å². The summed E-state index contributed by atoms with van der Waals surface area (Å²) < 4.78 is 22.7. The van der Waals surface area contributed by atoms with E-state index in [2.05, 4.69) is 0 Å².